The molecule has 3 rings (SSSR count). The third-order valence-electron chi connectivity index (χ3n) is 2.98. The predicted octanol–water partition coefficient (Wildman–Crippen LogP) is 1.51. The Kier molecular flexibility index (Phi) is 2.36. The van der Waals surface area contributed by atoms with Crippen molar-refractivity contribution in [3.63, 3.8) is 0 Å². The molecule has 1 fully saturated rings. The summed E-state index contributed by atoms with van der Waals surface area (Å²) < 4.78 is 12.7. The number of hydrogen-bond acceptors (Lipinski definition) is 4. The van der Waals surface area contributed by atoms with Gasteiger partial charge in [-0.1, -0.05) is 0 Å². The van der Waals surface area contributed by atoms with Crippen molar-refractivity contribution < 1.29 is 9.18 Å². The lowest BCUT2D eigenvalue weighted by molar-refractivity contribution is -0.117. The average molecular weight is 246 g/mol. The van der Waals surface area contributed by atoms with Crippen molar-refractivity contribution in [3.05, 3.63) is 24.5 Å². The maximum atomic E-state index is 12.7. The van der Waals surface area contributed by atoms with Gasteiger partial charge < -0.3 is 11.1 Å². The summed E-state index contributed by atoms with van der Waals surface area (Å²) >= 11 is 0. The van der Waals surface area contributed by atoms with Crippen LogP contribution < -0.4 is 11.1 Å². The maximum absolute atomic E-state index is 12.7. The smallest absolute Gasteiger partial charge is 0.231 e. The first-order valence-electron chi connectivity index (χ1n) is 5.60. The summed E-state index contributed by atoms with van der Waals surface area (Å²) in [5.74, 6) is -0.0533. The third kappa shape index (κ3) is 1.85. The number of hydrogen-bond donors (Lipinski definition) is 2. The van der Waals surface area contributed by atoms with Crippen LogP contribution in [0.3, 0.4) is 0 Å². The molecule has 2 heterocycles. The first-order valence-corrected chi connectivity index (χ1v) is 5.60. The monoisotopic (exact) mass is 246 g/mol. The Morgan fingerprint density at radius 3 is 3.00 bits per heavy atom. The quantitative estimate of drug-likeness (QED) is 0.841. The molecule has 6 heteroatoms. The van der Waals surface area contributed by atoms with Crippen molar-refractivity contribution in [2.45, 2.75) is 12.6 Å². The van der Waals surface area contributed by atoms with Gasteiger partial charge in [-0.05, 0) is 23.9 Å². The number of halogens is 1. The molecule has 0 spiro atoms. The van der Waals surface area contributed by atoms with E-state index in [0.717, 1.165) is 10.8 Å². The van der Waals surface area contributed by atoms with Crippen molar-refractivity contribution in [2.24, 2.45) is 5.92 Å². The number of nitrogens with one attached hydrogen (secondary N) is 1. The molecule has 1 aliphatic rings. The molecule has 3 N–H and O–H groups in total. The van der Waals surface area contributed by atoms with E-state index in [0.29, 0.717) is 18.1 Å². The van der Waals surface area contributed by atoms with E-state index in [1.165, 1.54) is 0 Å². The summed E-state index contributed by atoms with van der Waals surface area (Å²) in [4.78, 5) is 19.6. The van der Waals surface area contributed by atoms with Gasteiger partial charge in [0.2, 0.25) is 5.91 Å². The highest BCUT2D eigenvalue weighted by Gasteiger charge is 2.43. The molecule has 1 amide bonds. The van der Waals surface area contributed by atoms with Gasteiger partial charge in [-0.25, -0.2) is 14.4 Å². The standard InChI is InChI=1S/C12H11FN4O/c13-9-4-7(9)12(18)17-10-3-6-1-2-15-11(14)8(6)5-16-10/h1-3,5,7,9H,4H2,(H2,14,15)(H,16,17,18)/t7-,9+/m1/s1. The number of nitrogens with two attached hydrogens (primary N) is 1. The fraction of sp³-hybridized carbons (Fsp3) is 0.250. The number of rotatable bonds is 2. The Morgan fingerprint density at radius 2 is 2.28 bits per heavy atom. The molecule has 2 aromatic heterocycles. The fourth-order valence-corrected chi connectivity index (χ4v) is 1.81. The zero-order valence-electron chi connectivity index (χ0n) is 9.43. The summed E-state index contributed by atoms with van der Waals surface area (Å²) in [7, 11) is 0. The molecule has 2 aromatic rings. The predicted molar refractivity (Wildman–Crippen MR) is 65.6 cm³/mol. The van der Waals surface area contributed by atoms with E-state index in [9.17, 15) is 9.18 Å². The molecule has 2 atom stereocenters. The van der Waals surface area contributed by atoms with Crippen LogP contribution in [-0.4, -0.2) is 22.0 Å². The number of nitrogen functional groups attached to an aromatic ring is 1. The Balaban J connectivity index is 1.87. The second kappa shape index (κ2) is 3.90. The number of aromatic nitrogens is 2. The van der Waals surface area contributed by atoms with E-state index in [1.54, 1.807) is 24.5 Å². The van der Waals surface area contributed by atoms with Crippen LogP contribution >= 0.6 is 0 Å². The lowest BCUT2D eigenvalue weighted by Crippen LogP contribution is -2.15. The van der Waals surface area contributed by atoms with E-state index in [-0.39, 0.29) is 5.91 Å². The molecular weight excluding hydrogens is 235 g/mol. The van der Waals surface area contributed by atoms with Gasteiger partial charge in [0.15, 0.2) is 0 Å². The van der Waals surface area contributed by atoms with Crippen molar-refractivity contribution in [2.75, 3.05) is 11.1 Å². The topological polar surface area (TPSA) is 80.9 Å². The van der Waals surface area contributed by atoms with Crippen molar-refractivity contribution in [1.82, 2.24) is 9.97 Å². The lowest BCUT2D eigenvalue weighted by atomic mass is 10.2. The van der Waals surface area contributed by atoms with Gasteiger partial charge in [-0.15, -0.1) is 0 Å². The molecule has 18 heavy (non-hydrogen) atoms. The number of fused-ring (bicyclic) bond motifs is 1. The van der Waals surface area contributed by atoms with Crippen LogP contribution in [-0.2, 0) is 4.79 Å². The zero-order valence-corrected chi connectivity index (χ0v) is 9.43. The van der Waals surface area contributed by atoms with Crippen LogP contribution in [0, 0.1) is 5.92 Å². The molecule has 92 valence electrons. The Bertz CT molecular complexity index is 631. The van der Waals surface area contributed by atoms with Gasteiger partial charge in [0.25, 0.3) is 0 Å². The fourth-order valence-electron chi connectivity index (χ4n) is 1.81. The van der Waals surface area contributed by atoms with Crippen molar-refractivity contribution >= 4 is 28.3 Å². The van der Waals surface area contributed by atoms with E-state index in [1.807, 2.05) is 0 Å². The summed E-state index contributed by atoms with van der Waals surface area (Å²) in [6.45, 7) is 0. The summed E-state index contributed by atoms with van der Waals surface area (Å²) in [6, 6.07) is 3.47. The van der Waals surface area contributed by atoms with Crippen LogP contribution in [0.15, 0.2) is 24.5 Å². The van der Waals surface area contributed by atoms with Crippen LogP contribution in [0.5, 0.6) is 0 Å². The number of carbonyl (C=O) groups excluding carboxylic acids is 1. The first-order chi connectivity index (χ1) is 8.65. The summed E-state index contributed by atoms with van der Waals surface area (Å²) in [5, 5.41) is 4.16. The van der Waals surface area contributed by atoms with Gasteiger partial charge in [-0.3, -0.25) is 4.79 Å². The van der Waals surface area contributed by atoms with Crippen LogP contribution in [0.4, 0.5) is 16.0 Å². The minimum Gasteiger partial charge on any atom is -0.383 e. The molecule has 0 radical (unpaired) electrons. The minimum absolute atomic E-state index is 0.302. The highest BCUT2D eigenvalue weighted by molar-refractivity contribution is 5.97. The van der Waals surface area contributed by atoms with Crippen LogP contribution in [0.1, 0.15) is 6.42 Å². The average Bonchev–Trinajstić information content (AvgIpc) is 3.07. The maximum Gasteiger partial charge on any atom is 0.231 e. The Hall–Kier alpha value is -2.24. The van der Waals surface area contributed by atoms with Crippen LogP contribution in [0.2, 0.25) is 0 Å². The van der Waals surface area contributed by atoms with Gasteiger partial charge in [0.05, 0.1) is 5.92 Å². The van der Waals surface area contributed by atoms with Crippen molar-refractivity contribution in [3.8, 4) is 0 Å². The van der Waals surface area contributed by atoms with E-state index < -0.39 is 12.1 Å². The second-order valence-corrected chi connectivity index (χ2v) is 4.33. The molecule has 1 aliphatic carbocycles. The summed E-state index contributed by atoms with van der Waals surface area (Å²) in [5.41, 5.74) is 5.70. The van der Waals surface area contributed by atoms with Gasteiger partial charge >= 0.3 is 0 Å². The highest BCUT2D eigenvalue weighted by atomic mass is 19.1. The Labute approximate surface area is 102 Å². The Morgan fingerprint density at radius 1 is 1.50 bits per heavy atom. The second-order valence-electron chi connectivity index (χ2n) is 4.33. The molecule has 0 bridgehead atoms. The summed E-state index contributed by atoms with van der Waals surface area (Å²) in [6.07, 6.45) is 2.43. The molecule has 0 unspecified atom stereocenters. The van der Waals surface area contributed by atoms with Gasteiger partial charge in [0.1, 0.15) is 17.8 Å². The molecule has 1 saturated carbocycles. The molecule has 5 nitrogen and oxygen atoms in total. The van der Waals surface area contributed by atoms with E-state index in [4.69, 9.17) is 5.73 Å². The van der Waals surface area contributed by atoms with Crippen LogP contribution in [0.25, 0.3) is 10.8 Å². The minimum atomic E-state index is -1.01. The number of pyridine rings is 2. The SMILES string of the molecule is Nc1nccc2cc(NC(=O)[C@@H]3C[C@@H]3F)ncc12. The largest absolute Gasteiger partial charge is 0.383 e. The number of nitrogens with zero attached hydrogens (tertiary/aromatic N) is 2. The number of alkyl halides is 1. The van der Waals surface area contributed by atoms with E-state index in [2.05, 4.69) is 15.3 Å². The number of anilines is 2. The lowest BCUT2D eigenvalue weighted by Gasteiger charge is -2.05. The first kappa shape index (κ1) is 10.9. The van der Waals surface area contributed by atoms with Gasteiger partial charge in [-0.2, -0.15) is 0 Å². The number of amides is 1. The highest BCUT2D eigenvalue weighted by Crippen LogP contribution is 2.34. The molecule has 0 aromatic carbocycles. The number of carbonyl (C=O) groups is 1. The van der Waals surface area contributed by atoms with Crippen molar-refractivity contribution in [1.29, 1.82) is 0 Å². The molecule has 0 saturated heterocycles. The molecule has 0 aliphatic heterocycles. The van der Waals surface area contributed by atoms with E-state index >= 15 is 0 Å². The third-order valence-corrected chi connectivity index (χ3v) is 2.98. The molecular formula is C12H11FN4O. The van der Waals surface area contributed by atoms with Gasteiger partial charge in [0, 0.05) is 17.8 Å². The normalized spacial score (nSPS) is 21.8. The zero-order chi connectivity index (χ0) is 12.7.